The third kappa shape index (κ3) is 3.47. The molecule has 1 aliphatic heterocycles. The fraction of sp³-hybridized carbons (Fsp3) is 0.471. The minimum atomic E-state index is 0.00725. The number of halogens is 1. The molecule has 0 spiro atoms. The first-order chi connectivity index (χ1) is 11.1. The number of piperidine rings is 1. The average Bonchev–Trinajstić information content (AvgIpc) is 2.52. The Morgan fingerprint density at radius 3 is 2.78 bits per heavy atom. The molecule has 1 amide bonds. The molecule has 2 atom stereocenters. The summed E-state index contributed by atoms with van der Waals surface area (Å²) in [6.45, 7) is 4.21. The van der Waals surface area contributed by atoms with Gasteiger partial charge in [0.2, 0.25) is 5.88 Å². The van der Waals surface area contributed by atoms with Crippen LogP contribution in [0.25, 0.3) is 10.9 Å². The second kappa shape index (κ2) is 6.83. The zero-order valence-corrected chi connectivity index (χ0v) is 14.9. The molecule has 3 rings (SSSR count). The lowest BCUT2D eigenvalue weighted by Crippen LogP contribution is -2.49. The minimum absolute atomic E-state index is 0.00725. The zero-order chi connectivity index (χ0) is 16.4. The van der Waals surface area contributed by atoms with Gasteiger partial charge >= 0.3 is 0 Å². The van der Waals surface area contributed by atoms with Crippen LogP contribution in [0.1, 0.15) is 33.1 Å². The van der Waals surface area contributed by atoms with E-state index in [2.05, 4.69) is 39.7 Å². The molecule has 5 nitrogen and oxygen atoms in total. The van der Waals surface area contributed by atoms with Crippen LogP contribution in [0.5, 0.6) is 5.88 Å². The van der Waals surface area contributed by atoms with Gasteiger partial charge in [0, 0.05) is 16.6 Å². The zero-order valence-electron chi connectivity index (χ0n) is 13.3. The van der Waals surface area contributed by atoms with Gasteiger partial charge < -0.3 is 9.64 Å². The van der Waals surface area contributed by atoms with Crippen molar-refractivity contribution >= 4 is 32.7 Å². The van der Waals surface area contributed by atoms with Crippen LogP contribution < -0.4 is 4.74 Å². The van der Waals surface area contributed by atoms with E-state index in [-0.39, 0.29) is 24.6 Å². The van der Waals surface area contributed by atoms with Crippen molar-refractivity contribution in [2.24, 2.45) is 0 Å². The highest BCUT2D eigenvalue weighted by atomic mass is 79.9. The molecule has 2 aromatic rings. The maximum atomic E-state index is 12.5. The number of hydrogen-bond donors (Lipinski definition) is 0. The van der Waals surface area contributed by atoms with Crippen LogP contribution in [0, 0.1) is 0 Å². The van der Waals surface area contributed by atoms with Gasteiger partial charge in [0.25, 0.3) is 5.91 Å². The van der Waals surface area contributed by atoms with Crippen LogP contribution in [0.15, 0.2) is 29.0 Å². The number of benzene rings is 1. The first kappa shape index (κ1) is 16.2. The topological polar surface area (TPSA) is 55.3 Å². The lowest BCUT2D eigenvalue weighted by atomic mass is 9.97. The molecule has 1 aliphatic rings. The normalized spacial score (nSPS) is 21.4. The van der Waals surface area contributed by atoms with E-state index in [0.29, 0.717) is 5.88 Å². The molecule has 0 bridgehead atoms. The van der Waals surface area contributed by atoms with E-state index in [0.717, 1.165) is 28.2 Å². The summed E-state index contributed by atoms with van der Waals surface area (Å²) < 4.78 is 6.65. The first-order valence-corrected chi connectivity index (χ1v) is 8.70. The highest BCUT2D eigenvalue weighted by Crippen LogP contribution is 2.26. The summed E-state index contributed by atoms with van der Waals surface area (Å²) in [5, 5.41) is 0.800. The van der Waals surface area contributed by atoms with Crippen molar-refractivity contribution in [1.29, 1.82) is 0 Å². The SMILES string of the molecule is CC1CCCC(C)N1C(=O)COc1ncnc2ccc(Br)cc12. The molecule has 1 aromatic heterocycles. The van der Waals surface area contributed by atoms with Gasteiger partial charge in [-0.1, -0.05) is 15.9 Å². The van der Waals surface area contributed by atoms with Crippen molar-refractivity contribution in [2.45, 2.75) is 45.2 Å². The van der Waals surface area contributed by atoms with Gasteiger partial charge in [0.15, 0.2) is 6.61 Å². The fourth-order valence-electron chi connectivity index (χ4n) is 3.24. The van der Waals surface area contributed by atoms with Gasteiger partial charge in [-0.2, -0.15) is 0 Å². The lowest BCUT2D eigenvalue weighted by molar-refractivity contribution is -0.139. The van der Waals surface area contributed by atoms with Gasteiger partial charge in [-0.3, -0.25) is 4.79 Å². The van der Waals surface area contributed by atoms with Crippen molar-refractivity contribution in [1.82, 2.24) is 14.9 Å². The van der Waals surface area contributed by atoms with Crippen LogP contribution >= 0.6 is 15.9 Å². The molecule has 1 aromatic carbocycles. The molecule has 1 saturated heterocycles. The molecule has 0 N–H and O–H groups in total. The van der Waals surface area contributed by atoms with E-state index in [9.17, 15) is 4.79 Å². The van der Waals surface area contributed by atoms with Gasteiger partial charge in [-0.25, -0.2) is 9.97 Å². The maximum Gasteiger partial charge on any atom is 0.261 e. The number of amides is 1. The molecule has 6 heteroatoms. The fourth-order valence-corrected chi connectivity index (χ4v) is 3.60. The van der Waals surface area contributed by atoms with E-state index in [1.807, 2.05) is 23.1 Å². The number of likely N-dealkylation sites (tertiary alicyclic amines) is 1. The van der Waals surface area contributed by atoms with Crippen molar-refractivity contribution in [2.75, 3.05) is 6.61 Å². The summed E-state index contributed by atoms with van der Waals surface area (Å²) in [6, 6.07) is 6.25. The highest BCUT2D eigenvalue weighted by Gasteiger charge is 2.29. The number of carbonyl (C=O) groups excluding carboxylic acids is 1. The van der Waals surface area contributed by atoms with Crippen LogP contribution in [0.4, 0.5) is 0 Å². The average molecular weight is 378 g/mol. The Morgan fingerprint density at radius 2 is 2.04 bits per heavy atom. The van der Waals surface area contributed by atoms with Gasteiger partial charge in [0.1, 0.15) is 6.33 Å². The summed E-state index contributed by atoms with van der Waals surface area (Å²) in [7, 11) is 0. The Labute approximate surface area is 144 Å². The van der Waals surface area contributed by atoms with Crippen LogP contribution in [0.3, 0.4) is 0 Å². The van der Waals surface area contributed by atoms with Crippen molar-refractivity contribution in [3.05, 3.63) is 29.0 Å². The number of hydrogen-bond acceptors (Lipinski definition) is 4. The summed E-state index contributed by atoms with van der Waals surface area (Å²) in [5.74, 6) is 0.466. The molecule has 0 radical (unpaired) electrons. The largest absolute Gasteiger partial charge is 0.467 e. The Bertz CT molecular complexity index is 712. The molecule has 0 saturated carbocycles. The number of rotatable bonds is 3. The van der Waals surface area contributed by atoms with Crippen LogP contribution in [0.2, 0.25) is 0 Å². The van der Waals surface area contributed by atoms with E-state index in [1.165, 1.54) is 12.7 Å². The smallest absolute Gasteiger partial charge is 0.261 e. The third-order valence-corrected chi connectivity index (χ3v) is 4.87. The molecule has 2 heterocycles. The van der Waals surface area contributed by atoms with Crippen molar-refractivity contribution in [3.63, 3.8) is 0 Å². The summed E-state index contributed by atoms with van der Waals surface area (Å²) >= 11 is 3.44. The molecular weight excluding hydrogens is 358 g/mol. The molecule has 122 valence electrons. The molecular formula is C17H20BrN3O2. The second-order valence-corrected chi connectivity index (χ2v) is 6.97. The van der Waals surface area contributed by atoms with Gasteiger partial charge in [-0.15, -0.1) is 0 Å². The van der Waals surface area contributed by atoms with Crippen molar-refractivity contribution in [3.8, 4) is 5.88 Å². The number of nitrogens with zero attached hydrogens (tertiary/aromatic N) is 3. The number of fused-ring (bicyclic) bond motifs is 1. The van der Waals surface area contributed by atoms with Gasteiger partial charge in [-0.05, 0) is 51.3 Å². The monoisotopic (exact) mass is 377 g/mol. The molecule has 1 fully saturated rings. The Balaban J connectivity index is 1.75. The molecule has 0 aliphatic carbocycles. The standard InChI is InChI=1S/C17H20BrN3O2/c1-11-4-3-5-12(2)21(11)16(22)9-23-17-14-8-13(18)6-7-15(14)19-10-20-17/h6-8,10-12H,3-5,9H2,1-2H3. The summed E-state index contributed by atoms with van der Waals surface area (Å²) in [6.07, 6.45) is 4.75. The maximum absolute atomic E-state index is 12.5. The Kier molecular flexibility index (Phi) is 4.80. The lowest BCUT2D eigenvalue weighted by Gasteiger charge is -2.38. The highest BCUT2D eigenvalue weighted by molar-refractivity contribution is 9.10. The number of carbonyl (C=O) groups is 1. The Morgan fingerprint density at radius 1 is 1.30 bits per heavy atom. The third-order valence-electron chi connectivity index (χ3n) is 4.37. The molecule has 23 heavy (non-hydrogen) atoms. The minimum Gasteiger partial charge on any atom is -0.467 e. The first-order valence-electron chi connectivity index (χ1n) is 7.90. The van der Waals surface area contributed by atoms with E-state index in [1.54, 1.807) is 0 Å². The number of ether oxygens (including phenoxy) is 1. The van der Waals surface area contributed by atoms with Crippen molar-refractivity contribution < 1.29 is 9.53 Å². The molecule has 2 unspecified atom stereocenters. The van der Waals surface area contributed by atoms with Gasteiger partial charge in [0.05, 0.1) is 10.9 Å². The second-order valence-electron chi connectivity index (χ2n) is 6.06. The van der Waals surface area contributed by atoms with E-state index in [4.69, 9.17) is 4.74 Å². The summed E-state index contributed by atoms with van der Waals surface area (Å²) in [4.78, 5) is 22.9. The Hall–Kier alpha value is -1.69. The predicted octanol–water partition coefficient (Wildman–Crippen LogP) is 3.56. The van der Waals surface area contributed by atoms with E-state index < -0.39 is 0 Å². The van der Waals surface area contributed by atoms with E-state index >= 15 is 0 Å². The van der Waals surface area contributed by atoms with Crippen LogP contribution in [-0.4, -0.2) is 39.5 Å². The summed E-state index contributed by atoms with van der Waals surface area (Å²) in [5.41, 5.74) is 0.797. The predicted molar refractivity (Wildman–Crippen MR) is 92.4 cm³/mol. The van der Waals surface area contributed by atoms with Crippen LogP contribution in [-0.2, 0) is 4.79 Å². The number of aromatic nitrogens is 2. The quantitative estimate of drug-likeness (QED) is 0.820.